The molecule has 0 aromatic carbocycles. The number of aryl methyl sites for hydroxylation is 3. The average molecular weight is 613 g/mol. The zero-order chi connectivity index (χ0) is 31.6. The average Bonchev–Trinajstić information content (AvgIpc) is 3.03. The summed E-state index contributed by atoms with van der Waals surface area (Å²) in [5, 5.41) is 0. The lowest BCUT2D eigenvalue weighted by Gasteiger charge is -2.07. The van der Waals surface area contributed by atoms with Crippen LogP contribution in [0.3, 0.4) is 0 Å². The van der Waals surface area contributed by atoms with E-state index in [-0.39, 0.29) is 0 Å². The molecule has 0 radical (unpaired) electrons. The summed E-state index contributed by atoms with van der Waals surface area (Å²) < 4.78 is 2.57. The second kappa shape index (κ2) is 33.5. The first-order valence-electron chi connectivity index (χ1n) is 20.8. The van der Waals surface area contributed by atoms with Crippen molar-refractivity contribution in [3.8, 4) is 0 Å². The number of hydrogen-bond donors (Lipinski definition) is 0. The van der Waals surface area contributed by atoms with E-state index in [1.54, 1.807) is 11.1 Å². The Bertz CT molecular complexity index is 648. The normalized spacial score (nSPS) is 11.5. The quantitative estimate of drug-likeness (QED) is 0.0530. The Hall–Kier alpha value is -0.850. The van der Waals surface area contributed by atoms with Gasteiger partial charge in [-0.2, -0.15) is 0 Å². The number of unbranched alkanes of at least 4 members (excludes halogenated alkanes) is 29. The van der Waals surface area contributed by atoms with Gasteiger partial charge in [0.15, 0.2) is 12.4 Å². The van der Waals surface area contributed by atoms with Crippen LogP contribution in [0.15, 0.2) is 18.5 Å². The van der Waals surface area contributed by atoms with Crippen molar-refractivity contribution < 1.29 is 4.57 Å². The third-order valence-corrected chi connectivity index (χ3v) is 9.94. The van der Waals surface area contributed by atoms with Gasteiger partial charge in [-0.05, 0) is 38.2 Å². The molecule has 0 amide bonds. The van der Waals surface area contributed by atoms with Crippen molar-refractivity contribution in [3.63, 3.8) is 0 Å². The van der Waals surface area contributed by atoms with Gasteiger partial charge in [-0.15, -0.1) is 0 Å². The van der Waals surface area contributed by atoms with Gasteiger partial charge in [-0.1, -0.05) is 201 Å². The molecule has 0 saturated carbocycles. The van der Waals surface area contributed by atoms with Gasteiger partial charge >= 0.3 is 0 Å². The second-order valence-corrected chi connectivity index (χ2v) is 14.5. The van der Waals surface area contributed by atoms with E-state index in [4.69, 9.17) is 0 Å². The van der Waals surface area contributed by atoms with Gasteiger partial charge in [0, 0.05) is 17.5 Å². The molecule has 0 fully saturated rings. The molecule has 0 spiro atoms. The van der Waals surface area contributed by atoms with E-state index >= 15 is 0 Å². The molecule has 1 nitrogen and oxygen atoms in total. The monoisotopic (exact) mass is 613 g/mol. The van der Waals surface area contributed by atoms with E-state index in [1.807, 2.05) is 0 Å². The summed E-state index contributed by atoms with van der Waals surface area (Å²) >= 11 is 0. The van der Waals surface area contributed by atoms with Gasteiger partial charge in [0.1, 0.15) is 6.54 Å². The van der Waals surface area contributed by atoms with Crippen molar-refractivity contribution in [3.05, 3.63) is 29.6 Å². The molecule has 0 N–H and O–H groups in total. The largest absolute Gasteiger partial charge is 0.205 e. The highest BCUT2D eigenvalue weighted by molar-refractivity contribution is 5.15. The number of rotatable bonds is 35. The van der Waals surface area contributed by atoms with Gasteiger partial charge in [-0.25, -0.2) is 4.57 Å². The first kappa shape index (κ1) is 41.2. The minimum absolute atomic E-state index is 1.21. The Morgan fingerprint density at radius 1 is 0.318 bits per heavy atom. The molecule has 0 aliphatic rings. The molecule has 1 heterocycles. The second-order valence-electron chi connectivity index (χ2n) is 14.5. The molecule has 1 aromatic heterocycles. The number of pyridine rings is 1. The summed E-state index contributed by atoms with van der Waals surface area (Å²) in [7, 11) is 0. The van der Waals surface area contributed by atoms with Gasteiger partial charge in [0.2, 0.25) is 0 Å². The molecule has 1 aromatic rings. The van der Waals surface area contributed by atoms with E-state index in [0.717, 1.165) is 0 Å². The van der Waals surface area contributed by atoms with Crippen LogP contribution < -0.4 is 4.57 Å². The summed E-state index contributed by atoms with van der Waals surface area (Å²) in [6.07, 6.45) is 53.3. The van der Waals surface area contributed by atoms with Crippen LogP contribution >= 0.6 is 0 Å². The zero-order valence-corrected chi connectivity index (χ0v) is 30.9. The van der Waals surface area contributed by atoms with Crippen LogP contribution in [0.4, 0.5) is 0 Å². The standard InChI is InChI=1S/C43H82N/c1-4-7-10-13-16-19-21-23-25-27-30-33-36-42-39-43(37-34-31-28-26-24-22-20-17-14-11-8-5-2)41-44(40-42)38-35-32-29-18-15-12-9-6-3/h39-41H,4-38H2,1-3H3/q+1. The van der Waals surface area contributed by atoms with Crippen LogP contribution in [0.5, 0.6) is 0 Å². The van der Waals surface area contributed by atoms with Crippen molar-refractivity contribution in [1.29, 1.82) is 0 Å². The molecule has 44 heavy (non-hydrogen) atoms. The topological polar surface area (TPSA) is 3.88 Å². The lowest BCUT2D eigenvalue weighted by Crippen LogP contribution is -2.34. The van der Waals surface area contributed by atoms with E-state index < -0.39 is 0 Å². The number of hydrogen-bond acceptors (Lipinski definition) is 0. The molecular formula is C43H82N+. The van der Waals surface area contributed by atoms with E-state index in [1.165, 1.54) is 225 Å². The summed E-state index contributed by atoms with van der Waals surface area (Å²) in [6, 6.07) is 2.57. The maximum Gasteiger partial charge on any atom is 0.171 e. The van der Waals surface area contributed by atoms with Crippen molar-refractivity contribution in [2.24, 2.45) is 0 Å². The predicted octanol–water partition coefficient (Wildman–Crippen LogP) is 14.6. The summed E-state index contributed by atoms with van der Waals surface area (Å²) in [6.45, 7) is 8.16. The van der Waals surface area contributed by atoms with Crippen LogP contribution in [-0.4, -0.2) is 0 Å². The van der Waals surface area contributed by atoms with Crippen LogP contribution in [0.1, 0.15) is 237 Å². The molecular weight excluding hydrogens is 530 g/mol. The number of nitrogens with zero attached hydrogens (tertiary/aromatic N) is 1. The smallest absolute Gasteiger partial charge is 0.171 e. The molecule has 0 bridgehead atoms. The lowest BCUT2D eigenvalue weighted by atomic mass is 10.0. The van der Waals surface area contributed by atoms with Crippen molar-refractivity contribution in [2.75, 3.05) is 0 Å². The fourth-order valence-electron chi connectivity index (χ4n) is 6.95. The highest BCUT2D eigenvalue weighted by atomic mass is 14.9. The van der Waals surface area contributed by atoms with Crippen molar-refractivity contribution in [2.45, 2.75) is 246 Å². The fraction of sp³-hybridized carbons (Fsp3) is 0.884. The van der Waals surface area contributed by atoms with Crippen LogP contribution in [0, 0.1) is 0 Å². The summed E-state index contributed by atoms with van der Waals surface area (Å²) in [5.41, 5.74) is 3.21. The van der Waals surface area contributed by atoms with Crippen molar-refractivity contribution in [1.82, 2.24) is 0 Å². The third-order valence-electron chi connectivity index (χ3n) is 9.94. The molecule has 0 aliphatic heterocycles. The zero-order valence-electron chi connectivity index (χ0n) is 30.9. The van der Waals surface area contributed by atoms with Crippen LogP contribution in [-0.2, 0) is 19.4 Å². The molecule has 0 aliphatic carbocycles. The molecule has 258 valence electrons. The Morgan fingerprint density at radius 3 is 0.864 bits per heavy atom. The Balaban J connectivity index is 2.32. The van der Waals surface area contributed by atoms with Crippen LogP contribution in [0.25, 0.3) is 0 Å². The minimum Gasteiger partial charge on any atom is -0.205 e. The number of aromatic nitrogens is 1. The van der Waals surface area contributed by atoms with E-state index in [2.05, 4.69) is 43.8 Å². The van der Waals surface area contributed by atoms with Crippen LogP contribution in [0.2, 0.25) is 0 Å². The maximum atomic E-state index is 2.57. The third kappa shape index (κ3) is 27.5. The van der Waals surface area contributed by atoms with Gasteiger partial charge in [-0.3, -0.25) is 0 Å². The van der Waals surface area contributed by atoms with Gasteiger partial charge in [0.25, 0.3) is 0 Å². The highest BCUT2D eigenvalue weighted by Gasteiger charge is 2.09. The molecule has 0 atom stereocenters. The summed E-state index contributed by atoms with van der Waals surface area (Å²) in [5.74, 6) is 0. The van der Waals surface area contributed by atoms with Gasteiger partial charge < -0.3 is 0 Å². The SMILES string of the molecule is CCCCCCCCCCCCCCc1cc(CCCCCCCCCCCCCC)c[n+](CCCCCCCCCC)c1. The highest BCUT2D eigenvalue weighted by Crippen LogP contribution is 2.16. The minimum atomic E-state index is 1.21. The van der Waals surface area contributed by atoms with E-state index in [0.29, 0.717) is 0 Å². The first-order valence-corrected chi connectivity index (χ1v) is 20.8. The molecule has 1 heteroatoms. The molecule has 0 unspecified atom stereocenters. The predicted molar refractivity (Wildman–Crippen MR) is 199 cm³/mol. The van der Waals surface area contributed by atoms with E-state index in [9.17, 15) is 0 Å². The Labute approximate surface area is 279 Å². The lowest BCUT2D eigenvalue weighted by molar-refractivity contribution is -0.698. The Morgan fingerprint density at radius 2 is 0.568 bits per heavy atom. The first-order chi connectivity index (χ1) is 21.8. The van der Waals surface area contributed by atoms with Gasteiger partial charge in [0.05, 0.1) is 0 Å². The maximum absolute atomic E-state index is 2.57. The van der Waals surface area contributed by atoms with Crippen molar-refractivity contribution >= 4 is 0 Å². The summed E-state index contributed by atoms with van der Waals surface area (Å²) in [4.78, 5) is 0. The molecule has 1 rings (SSSR count). The Kier molecular flexibility index (Phi) is 31.4. The fourth-order valence-corrected chi connectivity index (χ4v) is 6.95. The molecule has 0 saturated heterocycles.